The lowest BCUT2D eigenvalue weighted by atomic mass is 10.2. The van der Waals surface area contributed by atoms with Crippen molar-refractivity contribution >= 4 is 33.5 Å². The molecular formula is C12H9BrN2O4. The molecule has 2 N–H and O–H groups in total. The number of rotatable bonds is 4. The van der Waals surface area contributed by atoms with Gasteiger partial charge >= 0.3 is 5.97 Å². The topological polar surface area (TPSA) is 92.4 Å². The summed E-state index contributed by atoms with van der Waals surface area (Å²) in [6.45, 7) is 0. The highest BCUT2D eigenvalue weighted by atomic mass is 79.9. The normalized spacial score (nSPS) is 10.2. The first kappa shape index (κ1) is 13.3. The zero-order valence-corrected chi connectivity index (χ0v) is 11.2. The predicted octanol–water partition coefficient (Wildman–Crippen LogP) is 2.32. The van der Waals surface area contributed by atoms with Gasteiger partial charge in [-0.2, -0.15) is 0 Å². The molecule has 0 spiro atoms. The summed E-state index contributed by atoms with van der Waals surface area (Å²) in [5, 5.41) is 11.4. The van der Waals surface area contributed by atoms with Gasteiger partial charge in [0.05, 0.1) is 22.0 Å². The molecule has 0 saturated carbocycles. The van der Waals surface area contributed by atoms with Crippen molar-refractivity contribution in [1.82, 2.24) is 4.98 Å². The van der Waals surface area contributed by atoms with Crippen molar-refractivity contribution in [3.8, 4) is 0 Å². The molecular weight excluding hydrogens is 316 g/mol. The quantitative estimate of drug-likeness (QED) is 0.900. The monoisotopic (exact) mass is 324 g/mol. The molecule has 2 heterocycles. The van der Waals surface area contributed by atoms with Crippen LogP contribution in [0, 0.1) is 0 Å². The average molecular weight is 325 g/mol. The van der Waals surface area contributed by atoms with Crippen molar-refractivity contribution in [2.24, 2.45) is 0 Å². The Bertz CT molecular complexity index is 624. The molecule has 0 bridgehead atoms. The van der Waals surface area contributed by atoms with Crippen LogP contribution in [-0.4, -0.2) is 22.0 Å². The number of halogens is 1. The van der Waals surface area contributed by atoms with Crippen molar-refractivity contribution in [1.29, 1.82) is 0 Å². The molecule has 2 aromatic heterocycles. The number of carboxylic acids is 1. The summed E-state index contributed by atoms with van der Waals surface area (Å²) in [6.07, 6.45) is 4.03. The summed E-state index contributed by atoms with van der Waals surface area (Å²) >= 11 is 3.25. The van der Waals surface area contributed by atoms with Crippen LogP contribution < -0.4 is 5.32 Å². The van der Waals surface area contributed by atoms with E-state index in [4.69, 9.17) is 9.52 Å². The fraction of sp³-hybridized carbons (Fsp3) is 0.0833. The van der Waals surface area contributed by atoms with Crippen LogP contribution in [0.15, 0.2) is 39.7 Å². The second-order valence-electron chi connectivity index (χ2n) is 3.64. The zero-order chi connectivity index (χ0) is 13.8. The van der Waals surface area contributed by atoms with E-state index in [1.54, 1.807) is 12.3 Å². The van der Waals surface area contributed by atoms with E-state index < -0.39 is 11.9 Å². The molecule has 0 aromatic carbocycles. The van der Waals surface area contributed by atoms with Crippen molar-refractivity contribution < 1.29 is 19.1 Å². The second-order valence-corrected chi connectivity index (χ2v) is 4.49. The maximum absolute atomic E-state index is 12.0. The minimum absolute atomic E-state index is 0.121. The molecule has 0 aliphatic carbocycles. The van der Waals surface area contributed by atoms with Gasteiger partial charge in [0, 0.05) is 12.4 Å². The molecule has 0 fully saturated rings. The number of anilines is 1. The smallest absolute Gasteiger partial charge is 0.311 e. The molecule has 6 nitrogen and oxygen atoms in total. The standard InChI is InChI=1S/C12H9BrN2O4/c13-8-6-14-3-1-9(8)15-12(18)7-2-4-19-10(7)5-11(16)17/h1-4,6H,5H2,(H,16,17)(H,14,15,18). The van der Waals surface area contributed by atoms with Gasteiger partial charge in [-0.3, -0.25) is 14.6 Å². The van der Waals surface area contributed by atoms with E-state index in [2.05, 4.69) is 26.2 Å². The molecule has 0 atom stereocenters. The number of carbonyl (C=O) groups is 2. The van der Waals surface area contributed by atoms with E-state index in [1.807, 2.05) is 0 Å². The Morgan fingerprint density at radius 3 is 2.89 bits per heavy atom. The molecule has 0 unspecified atom stereocenters. The SMILES string of the molecule is O=C(O)Cc1occc1C(=O)Nc1ccncc1Br. The number of nitrogens with one attached hydrogen (secondary N) is 1. The van der Waals surface area contributed by atoms with Crippen LogP contribution in [0.1, 0.15) is 16.1 Å². The summed E-state index contributed by atoms with van der Waals surface area (Å²) in [4.78, 5) is 26.5. The van der Waals surface area contributed by atoms with Crippen LogP contribution in [-0.2, 0) is 11.2 Å². The van der Waals surface area contributed by atoms with E-state index >= 15 is 0 Å². The molecule has 0 radical (unpaired) electrons. The van der Waals surface area contributed by atoms with Gasteiger partial charge in [0.15, 0.2) is 0 Å². The van der Waals surface area contributed by atoms with Gasteiger partial charge in [0.1, 0.15) is 12.2 Å². The fourth-order valence-corrected chi connectivity index (χ4v) is 1.83. The van der Waals surface area contributed by atoms with Crippen molar-refractivity contribution in [3.05, 3.63) is 46.6 Å². The lowest BCUT2D eigenvalue weighted by molar-refractivity contribution is -0.136. The van der Waals surface area contributed by atoms with Gasteiger partial charge in [-0.1, -0.05) is 0 Å². The maximum atomic E-state index is 12.0. The highest BCUT2D eigenvalue weighted by Crippen LogP contribution is 2.21. The average Bonchev–Trinajstić information content (AvgIpc) is 2.79. The third-order valence-electron chi connectivity index (χ3n) is 2.32. The summed E-state index contributed by atoms with van der Waals surface area (Å²) in [5.74, 6) is -1.37. The number of aliphatic carboxylic acids is 1. The number of furan rings is 1. The van der Waals surface area contributed by atoms with E-state index in [9.17, 15) is 9.59 Å². The first-order valence-corrected chi connectivity index (χ1v) is 6.06. The Morgan fingerprint density at radius 1 is 1.42 bits per heavy atom. The molecule has 0 saturated heterocycles. The second kappa shape index (κ2) is 5.66. The molecule has 0 aliphatic heterocycles. The van der Waals surface area contributed by atoms with Gasteiger partial charge < -0.3 is 14.8 Å². The fourth-order valence-electron chi connectivity index (χ4n) is 1.48. The van der Waals surface area contributed by atoms with Crippen molar-refractivity contribution in [2.45, 2.75) is 6.42 Å². The van der Waals surface area contributed by atoms with Crippen LogP contribution in [0.5, 0.6) is 0 Å². The van der Waals surface area contributed by atoms with Crippen LogP contribution >= 0.6 is 15.9 Å². The van der Waals surface area contributed by atoms with E-state index in [0.717, 1.165) is 0 Å². The molecule has 7 heteroatoms. The Balaban J connectivity index is 2.19. The van der Waals surface area contributed by atoms with E-state index in [0.29, 0.717) is 10.2 Å². The Kier molecular flexibility index (Phi) is 3.96. The summed E-state index contributed by atoms with van der Waals surface area (Å²) < 4.78 is 5.63. The molecule has 1 amide bonds. The summed E-state index contributed by atoms with van der Waals surface area (Å²) in [5.41, 5.74) is 0.744. The number of hydrogen-bond acceptors (Lipinski definition) is 4. The molecule has 2 aromatic rings. The number of aromatic nitrogens is 1. The number of amides is 1. The largest absolute Gasteiger partial charge is 0.481 e. The lowest BCUT2D eigenvalue weighted by Crippen LogP contribution is -2.14. The minimum Gasteiger partial charge on any atom is -0.481 e. The number of carboxylic acid groups (broad SMARTS) is 1. The van der Waals surface area contributed by atoms with Gasteiger partial charge in [-0.15, -0.1) is 0 Å². The minimum atomic E-state index is -1.06. The van der Waals surface area contributed by atoms with Gasteiger partial charge in [-0.05, 0) is 28.1 Å². The highest BCUT2D eigenvalue weighted by molar-refractivity contribution is 9.10. The van der Waals surface area contributed by atoms with Crippen molar-refractivity contribution in [2.75, 3.05) is 5.32 Å². The molecule has 0 aliphatic rings. The first-order chi connectivity index (χ1) is 9.08. The molecule has 19 heavy (non-hydrogen) atoms. The number of nitrogens with zero attached hydrogens (tertiary/aromatic N) is 1. The number of carbonyl (C=O) groups excluding carboxylic acids is 1. The maximum Gasteiger partial charge on any atom is 0.311 e. The van der Waals surface area contributed by atoms with Crippen LogP contribution in [0.25, 0.3) is 0 Å². The molecule has 2 rings (SSSR count). The zero-order valence-electron chi connectivity index (χ0n) is 9.59. The van der Waals surface area contributed by atoms with Gasteiger partial charge in [-0.25, -0.2) is 0 Å². The lowest BCUT2D eigenvalue weighted by Gasteiger charge is -2.06. The third kappa shape index (κ3) is 3.19. The van der Waals surface area contributed by atoms with Crippen LogP contribution in [0.3, 0.4) is 0 Å². The van der Waals surface area contributed by atoms with Gasteiger partial charge in [0.2, 0.25) is 0 Å². The number of hydrogen-bond donors (Lipinski definition) is 2. The number of pyridine rings is 1. The predicted molar refractivity (Wildman–Crippen MR) is 69.9 cm³/mol. The summed E-state index contributed by atoms with van der Waals surface area (Å²) in [6, 6.07) is 3.06. The molecule has 98 valence electrons. The first-order valence-electron chi connectivity index (χ1n) is 5.27. The Morgan fingerprint density at radius 2 is 2.21 bits per heavy atom. The Labute approximate surface area is 116 Å². The van der Waals surface area contributed by atoms with E-state index in [1.165, 1.54) is 18.5 Å². The summed E-state index contributed by atoms with van der Waals surface area (Å²) in [7, 11) is 0. The van der Waals surface area contributed by atoms with Crippen LogP contribution in [0.4, 0.5) is 5.69 Å². The third-order valence-corrected chi connectivity index (χ3v) is 2.95. The Hall–Kier alpha value is -2.15. The van der Waals surface area contributed by atoms with Gasteiger partial charge in [0.25, 0.3) is 5.91 Å². The highest BCUT2D eigenvalue weighted by Gasteiger charge is 2.17. The van der Waals surface area contributed by atoms with Crippen molar-refractivity contribution in [3.63, 3.8) is 0 Å². The van der Waals surface area contributed by atoms with Crippen LogP contribution in [0.2, 0.25) is 0 Å². The van der Waals surface area contributed by atoms with E-state index in [-0.39, 0.29) is 17.7 Å².